The van der Waals surface area contributed by atoms with Gasteiger partial charge in [-0.1, -0.05) is 146 Å². The zero-order valence-electron chi connectivity index (χ0n) is 29.1. The highest BCUT2D eigenvalue weighted by Crippen LogP contribution is 2.26. The molecular formula is C39H69N. The highest BCUT2D eigenvalue weighted by atomic mass is 14.7. The minimum atomic E-state index is 1.03. The second kappa shape index (κ2) is 32.8. The standard InChI is InChI=1S/C12H18.C11H14.C5H10.C4H8.C3H6.C2H7N.C2H6/c1-6-11(7-2)9-12(8-3)10(4)5;1-8(2)11-6-5-9(3)10(4)7-11;1-2-4-5-3-1;1-4-2-3-4;2*1-3-2;1-2/h6-7,9H,1,4,8H2,2-3,5H3;5-7H,1H2,2-4H3;1-5H2;4H,2-3H2,1H3;3H,1H2,2H3;3H,1-2H3;1-2H3/b11-7-,12-9+;;;;;;. The molecule has 0 spiro atoms. The summed E-state index contributed by atoms with van der Waals surface area (Å²) in [6.45, 7) is 35.5. The fourth-order valence-corrected chi connectivity index (χ4v) is 3.05. The van der Waals surface area contributed by atoms with Crippen LogP contribution in [0, 0.1) is 19.8 Å². The van der Waals surface area contributed by atoms with Gasteiger partial charge in [0, 0.05) is 0 Å². The number of aryl methyl sites for hydroxylation is 2. The molecule has 0 atom stereocenters. The van der Waals surface area contributed by atoms with E-state index in [0.717, 1.165) is 29.1 Å². The molecule has 1 aromatic rings. The summed E-state index contributed by atoms with van der Waals surface area (Å²) < 4.78 is 0. The van der Waals surface area contributed by atoms with Crippen molar-refractivity contribution < 1.29 is 0 Å². The summed E-state index contributed by atoms with van der Waals surface area (Å²) in [5.74, 6) is 1.08. The molecule has 2 aliphatic carbocycles. The molecule has 1 heteroatoms. The smallest absolute Gasteiger partial charge is 0.0167 e. The Morgan fingerprint density at radius 3 is 1.52 bits per heavy atom. The van der Waals surface area contributed by atoms with E-state index in [9.17, 15) is 0 Å². The van der Waals surface area contributed by atoms with Crippen molar-refractivity contribution >= 4 is 5.57 Å². The second-order valence-corrected chi connectivity index (χ2v) is 10.2. The van der Waals surface area contributed by atoms with Crippen LogP contribution in [0.4, 0.5) is 0 Å². The molecule has 1 aromatic carbocycles. The summed E-state index contributed by atoms with van der Waals surface area (Å²) in [7, 11) is 3.75. The van der Waals surface area contributed by atoms with Gasteiger partial charge in [0.05, 0.1) is 0 Å². The lowest BCUT2D eigenvalue weighted by atomic mass is 10.0. The Morgan fingerprint density at radius 2 is 1.30 bits per heavy atom. The van der Waals surface area contributed by atoms with E-state index in [0.29, 0.717) is 0 Å². The van der Waals surface area contributed by atoms with Crippen LogP contribution < -0.4 is 5.32 Å². The maximum atomic E-state index is 3.92. The first-order valence-corrected chi connectivity index (χ1v) is 15.5. The van der Waals surface area contributed by atoms with Crippen LogP contribution in [0.5, 0.6) is 0 Å². The average Bonchev–Trinajstić information content (AvgIpc) is 3.47. The van der Waals surface area contributed by atoms with Gasteiger partial charge in [0.1, 0.15) is 0 Å². The molecule has 0 heterocycles. The maximum Gasteiger partial charge on any atom is -0.0167 e. The van der Waals surface area contributed by atoms with Gasteiger partial charge in [-0.15, -0.1) is 6.58 Å². The van der Waals surface area contributed by atoms with Crippen molar-refractivity contribution in [2.45, 2.75) is 121 Å². The van der Waals surface area contributed by atoms with Gasteiger partial charge in [-0.2, -0.15) is 0 Å². The lowest BCUT2D eigenvalue weighted by molar-refractivity contribution is 0.886. The van der Waals surface area contributed by atoms with Crippen LogP contribution in [0.1, 0.15) is 123 Å². The third-order valence-electron chi connectivity index (χ3n) is 5.95. The fourth-order valence-electron chi connectivity index (χ4n) is 3.05. The Labute approximate surface area is 253 Å². The van der Waals surface area contributed by atoms with Gasteiger partial charge >= 0.3 is 0 Å². The van der Waals surface area contributed by atoms with Crippen molar-refractivity contribution in [3.05, 3.63) is 102 Å². The van der Waals surface area contributed by atoms with Crippen molar-refractivity contribution in [2.75, 3.05) is 14.1 Å². The van der Waals surface area contributed by atoms with Crippen LogP contribution in [0.25, 0.3) is 5.57 Å². The van der Waals surface area contributed by atoms with Gasteiger partial charge in [0.25, 0.3) is 0 Å². The molecule has 1 nitrogen and oxygen atoms in total. The Bertz CT molecular complexity index is 819. The molecule has 0 saturated heterocycles. The Hall–Kier alpha value is -2.38. The molecule has 3 rings (SSSR count). The molecule has 2 fully saturated rings. The number of benzene rings is 1. The van der Waals surface area contributed by atoms with E-state index in [4.69, 9.17) is 0 Å². The van der Waals surface area contributed by atoms with E-state index < -0.39 is 0 Å². The number of rotatable bonds is 5. The van der Waals surface area contributed by atoms with E-state index in [1.165, 1.54) is 67.2 Å². The lowest BCUT2D eigenvalue weighted by Crippen LogP contribution is -1.89. The van der Waals surface area contributed by atoms with E-state index in [2.05, 4.69) is 83.6 Å². The van der Waals surface area contributed by atoms with Crippen molar-refractivity contribution in [1.29, 1.82) is 0 Å². The Balaban J connectivity index is -0.000000209. The molecule has 0 bridgehead atoms. The highest BCUT2D eigenvalue weighted by Gasteiger charge is 2.12. The van der Waals surface area contributed by atoms with Gasteiger partial charge in [0.2, 0.25) is 0 Å². The van der Waals surface area contributed by atoms with Crippen molar-refractivity contribution in [2.24, 2.45) is 5.92 Å². The van der Waals surface area contributed by atoms with Crippen molar-refractivity contribution in [1.82, 2.24) is 5.32 Å². The van der Waals surface area contributed by atoms with Crippen LogP contribution in [0.15, 0.2) is 85.5 Å². The van der Waals surface area contributed by atoms with Crippen LogP contribution in [-0.2, 0) is 0 Å². The van der Waals surface area contributed by atoms with E-state index in [1.807, 2.05) is 67.8 Å². The van der Waals surface area contributed by atoms with Gasteiger partial charge in [-0.3, -0.25) is 0 Å². The molecule has 230 valence electrons. The van der Waals surface area contributed by atoms with Crippen molar-refractivity contribution in [3.63, 3.8) is 0 Å². The minimum Gasteiger partial charge on any atom is -0.323 e. The second-order valence-electron chi connectivity index (χ2n) is 10.2. The SMILES string of the molecule is C1CCCC1.C=C(C)c1ccc(C)c(C)c1.C=CC.C=CC(=C/C)/C=C(\CC)C(=C)C.CC.CC1CC1.CNC. The summed E-state index contributed by atoms with van der Waals surface area (Å²) in [6.07, 6.45) is 19.3. The summed E-state index contributed by atoms with van der Waals surface area (Å²) in [5.41, 5.74) is 8.65. The van der Waals surface area contributed by atoms with Crippen LogP contribution in [0.3, 0.4) is 0 Å². The van der Waals surface area contributed by atoms with Crippen LogP contribution >= 0.6 is 0 Å². The first-order chi connectivity index (χ1) is 19.0. The van der Waals surface area contributed by atoms with Crippen LogP contribution in [-0.4, -0.2) is 14.1 Å². The molecular weight excluding hydrogens is 482 g/mol. The number of hydrogen-bond acceptors (Lipinski definition) is 1. The van der Waals surface area contributed by atoms with Gasteiger partial charge in [-0.05, 0) is 95.8 Å². The summed E-state index contributed by atoms with van der Waals surface area (Å²) >= 11 is 0. The van der Waals surface area contributed by atoms with Gasteiger partial charge in [0.15, 0.2) is 0 Å². The molecule has 0 unspecified atom stereocenters. The Kier molecular flexibility index (Phi) is 36.6. The molecule has 0 amide bonds. The molecule has 0 aromatic heterocycles. The average molecular weight is 552 g/mol. The molecule has 0 radical (unpaired) electrons. The first-order valence-electron chi connectivity index (χ1n) is 15.5. The fraction of sp³-hybridized carbons (Fsp3) is 0.538. The predicted molar refractivity (Wildman–Crippen MR) is 191 cm³/mol. The molecule has 1 N–H and O–H groups in total. The van der Waals surface area contributed by atoms with Crippen molar-refractivity contribution in [3.8, 4) is 0 Å². The largest absolute Gasteiger partial charge is 0.323 e. The van der Waals surface area contributed by atoms with Crippen LogP contribution in [0.2, 0.25) is 0 Å². The minimum absolute atomic E-state index is 1.03. The first kappa shape index (κ1) is 44.6. The van der Waals surface area contributed by atoms with Gasteiger partial charge < -0.3 is 5.32 Å². The predicted octanol–water partition coefficient (Wildman–Crippen LogP) is 12.8. The summed E-state index contributed by atoms with van der Waals surface area (Å²) in [5, 5.41) is 2.75. The normalized spacial score (nSPS) is 13.1. The quantitative estimate of drug-likeness (QED) is 0.283. The molecule has 2 aliphatic rings. The maximum absolute atomic E-state index is 3.92. The zero-order chi connectivity index (χ0) is 31.9. The summed E-state index contributed by atoms with van der Waals surface area (Å²) in [4.78, 5) is 0. The van der Waals surface area contributed by atoms with E-state index in [1.54, 1.807) is 6.08 Å². The monoisotopic (exact) mass is 552 g/mol. The molecule has 40 heavy (non-hydrogen) atoms. The Morgan fingerprint density at radius 1 is 0.900 bits per heavy atom. The van der Waals surface area contributed by atoms with E-state index >= 15 is 0 Å². The number of allylic oxidation sites excluding steroid dienone is 8. The van der Waals surface area contributed by atoms with E-state index in [-0.39, 0.29) is 0 Å². The molecule has 2 saturated carbocycles. The third-order valence-corrected chi connectivity index (χ3v) is 5.95. The number of hydrogen-bond donors (Lipinski definition) is 1. The molecule has 0 aliphatic heterocycles. The number of nitrogens with one attached hydrogen (secondary N) is 1. The topological polar surface area (TPSA) is 12.0 Å². The zero-order valence-corrected chi connectivity index (χ0v) is 29.1. The lowest BCUT2D eigenvalue weighted by Gasteiger charge is -2.03. The summed E-state index contributed by atoms with van der Waals surface area (Å²) in [6, 6.07) is 6.43. The third kappa shape index (κ3) is 31.8. The van der Waals surface area contributed by atoms with Gasteiger partial charge in [-0.25, -0.2) is 0 Å². The highest BCUT2D eigenvalue weighted by molar-refractivity contribution is 5.62.